The van der Waals surface area contributed by atoms with Crippen LogP contribution in [0.1, 0.15) is 0 Å². The number of pyridine rings is 1. The molecule has 0 amide bonds. The molecule has 186 valence electrons. The van der Waals surface area contributed by atoms with E-state index < -0.39 is 0 Å². The van der Waals surface area contributed by atoms with Gasteiger partial charge in [-0.2, -0.15) is 0 Å². The van der Waals surface area contributed by atoms with Crippen LogP contribution in [0.4, 0.5) is 0 Å². The van der Waals surface area contributed by atoms with Crippen LogP contribution in [-0.2, 0) is 0 Å². The van der Waals surface area contributed by atoms with Crippen LogP contribution in [0.2, 0.25) is 0 Å². The van der Waals surface area contributed by atoms with Crippen LogP contribution in [0.15, 0.2) is 140 Å². The molecule has 6 aromatic carbocycles. The Morgan fingerprint density at radius 3 is 1.95 bits per heavy atom. The molecule has 3 heteroatoms. The number of aromatic nitrogens is 3. The summed E-state index contributed by atoms with van der Waals surface area (Å²) < 4.78 is 4.70. The smallest absolute Gasteiger partial charge is 0.138 e. The minimum absolute atomic E-state index is 0.936. The summed E-state index contributed by atoms with van der Waals surface area (Å²) in [6, 6.07) is 48.0. The van der Waals surface area contributed by atoms with Crippen molar-refractivity contribution in [1.29, 1.82) is 0 Å². The molecule has 3 nitrogen and oxygen atoms in total. The second-order valence-corrected chi connectivity index (χ2v) is 10.5. The van der Waals surface area contributed by atoms with E-state index in [2.05, 4.69) is 143 Å². The van der Waals surface area contributed by atoms with Crippen LogP contribution in [-0.4, -0.2) is 14.1 Å². The molecule has 0 fully saturated rings. The van der Waals surface area contributed by atoms with Crippen molar-refractivity contribution in [2.24, 2.45) is 0 Å². The molecule has 0 unspecified atom stereocenters. The highest BCUT2D eigenvalue weighted by atomic mass is 15.1. The lowest BCUT2D eigenvalue weighted by molar-refractivity contribution is 1.09. The quantitative estimate of drug-likeness (QED) is 0.227. The number of hydrogen-bond acceptors (Lipinski definition) is 1. The molecule has 0 bridgehead atoms. The average molecular weight is 510 g/mol. The van der Waals surface area contributed by atoms with Gasteiger partial charge in [0.1, 0.15) is 5.82 Å². The van der Waals surface area contributed by atoms with Crippen molar-refractivity contribution < 1.29 is 0 Å². The van der Waals surface area contributed by atoms with Crippen molar-refractivity contribution in [3.8, 4) is 11.5 Å². The Labute approximate surface area is 230 Å². The molecule has 0 atom stereocenters. The SMILES string of the molecule is c1ccc(-n2c3ccccc3c3cc4c(ccc5c4c4ccccc4n5-c4cc5ccccc5cn4)cc32)cc1. The highest BCUT2D eigenvalue weighted by Gasteiger charge is 2.18. The van der Waals surface area contributed by atoms with Crippen molar-refractivity contribution >= 4 is 65.2 Å². The summed E-state index contributed by atoms with van der Waals surface area (Å²) >= 11 is 0. The van der Waals surface area contributed by atoms with Gasteiger partial charge in [0, 0.05) is 38.8 Å². The highest BCUT2D eigenvalue weighted by molar-refractivity contribution is 6.25. The van der Waals surface area contributed by atoms with Crippen LogP contribution in [0.3, 0.4) is 0 Å². The van der Waals surface area contributed by atoms with Gasteiger partial charge in [0.15, 0.2) is 0 Å². The van der Waals surface area contributed by atoms with Crippen molar-refractivity contribution in [2.45, 2.75) is 0 Å². The molecule has 0 saturated heterocycles. The Kier molecular flexibility index (Phi) is 4.33. The predicted octanol–water partition coefficient (Wildman–Crippen LogP) is 9.58. The lowest BCUT2D eigenvalue weighted by Crippen LogP contribution is -1.97. The van der Waals surface area contributed by atoms with Gasteiger partial charge in [-0.1, -0.05) is 84.9 Å². The van der Waals surface area contributed by atoms with Crippen LogP contribution in [0, 0.1) is 0 Å². The van der Waals surface area contributed by atoms with Crippen LogP contribution in [0.5, 0.6) is 0 Å². The van der Waals surface area contributed by atoms with E-state index in [-0.39, 0.29) is 0 Å². The van der Waals surface area contributed by atoms with E-state index in [1.807, 2.05) is 6.20 Å². The first-order valence-corrected chi connectivity index (χ1v) is 13.6. The molecule has 9 aromatic rings. The summed E-state index contributed by atoms with van der Waals surface area (Å²) in [6.07, 6.45) is 1.98. The van der Waals surface area contributed by atoms with Crippen molar-refractivity contribution in [3.05, 3.63) is 140 Å². The number of hydrogen-bond donors (Lipinski definition) is 0. The number of nitrogens with zero attached hydrogens (tertiary/aromatic N) is 3. The highest BCUT2D eigenvalue weighted by Crippen LogP contribution is 2.40. The molecular weight excluding hydrogens is 486 g/mol. The predicted molar refractivity (Wildman–Crippen MR) is 168 cm³/mol. The summed E-state index contributed by atoms with van der Waals surface area (Å²) in [7, 11) is 0. The third kappa shape index (κ3) is 2.92. The fraction of sp³-hybridized carbons (Fsp3) is 0. The fourth-order valence-electron chi connectivity index (χ4n) is 6.55. The Morgan fingerprint density at radius 2 is 1.10 bits per heavy atom. The first-order chi connectivity index (χ1) is 19.8. The Bertz CT molecular complexity index is 2430. The van der Waals surface area contributed by atoms with Crippen molar-refractivity contribution in [3.63, 3.8) is 0 Å². The molecule has 0 aliphatic carbocycles. The maximum atomic E-state index is 4.92. The van der Waals surface area contributed by atoms with E-state index in [1.165, 1.54) is 65.5 Å². The summed E-state index contributed by atoms with van der Waals surface area (Å²) in [6.45, 7) is 0. The van der Waals surface area contributed by atoms with Crippen LogP contribution < -0.4 is 0 Å². The van der Waals surface area contributed by atoms with E-state index in [0.717, 1.165) is 11.2 Å². The van der Waals surface area contributed by atoms with Gasteiger partial charge >= 0.3 is 0 Å². The van der Waals surface area contributed by atoms with Crippen molar-refractivity contribution in [2.75, 3.05) is 0 Å². The zero-order valence-electron chi connectivity index (χ0n) is 21.6. The van der Waals surface area contributed by atoms with Gasteiger partial charge in [-0.15, -0.1) is 0 Å². The van der Waals surface area contributed by atoms with Gasteiger partial charge in [-0.25, -0.2) is 4.98 Å². The van der Waals surface area contributed by atoms with Gasteiger partial charge in [0.05, 0.1) is 22.1 Å². The summed E-state index contributed by atoms with van der Waals surface area (Å²) in [5.74, 6) is 0.936. The van der Waals surface area contributed by atoms with Crippen LogP contribution in [0.25, 0.3) is 76.7 Å². The van der Waals surface area contributed by atoms with Gasteiger partial charge in [-0.05, 0) is 64.7 Å². The zero-order valence-corrected chi connectivity index (χ0v) is 21.6. The Morgan fingerprint density at radius 1 is 0.400 bits per heavy atom. The molecule has 0 aliphatic heterocycles. The second-order valence-electron chi connectivity index (χ2n) is 10.5. The standard InChI is InChI=1S/C37H23N3/c1-2-12-27(13-3-1)39-32-16-8-6-14-28(32)31-22-30-25(20-35(31)39)18-19-34-37(30)29-15-7-9-17-33(29)40(34)36-21-24-10-4-5-11-26(24)23-38-36/h1-23H. The van der Waals surface area contributed by atoms with Crippen LogP contribution >= 0.6 is 0 Å². The molecule has 0 N–H and O–H groups in total. The number of benzene rings is 6. The first kappa shape index (κ1) is 21.5. The van der Waals surface area contributed by atoms with E-state index in [9.17, 15) is 0 Å². The van der Waals surface area contributed by atoms with E-state index >= 15 is 0 Å². The third-order valence-corrected chi connectivity index (χ3v) is 8.31. The largest absolute Gasteiger partial charge is 0.309 e. The molecule has 9 rings (SSSR count). The molecule has 0 radical (unpaired) electrons. The normalized spacial score (nSPS) is 12.0. The van der Waals surface area contributed by atoms with E-state index in [1.54, 1.807) is 0 Å². The zero-order chi connectivity index (χ0) is 26.2. The van der Waals surface area contributed by atoms with Gasteiger partial charge in [0.2, 0.25) is 0 Å². The summed E-state index contributed by atoms with van der Waals surface area (Å²) in [4.78, 5) is 4.92. The molecule has 0 saturated carbocycles. The molecule has 3 aromatic heterocycles. The summed E-state index contributed by atoms with van der Waals surface area (Å²) in [5, 5.41) is 9.86. The summed E-state index contributed by atoms with van der Waals surface area (Å²) in [5.41, 5.74) is 5.95. The molecule has 0 spiro atoms. The van der Waals surface area contributed by atoms with Gasteiger partial charge < -0.3 is 4.57 Å². The lowest BCUT2D eigenvalue weighted by atomic mass is 10.0. The lowest BCUT2D eigenvalue weighted by Gasteiger charge is -2.10. The monoisotopic (exact) mass is 509 g/mol. The second kappa shape index (κ2) is 8.05. The Hall–Kier alpha value is -5.41. The number of para-hydroxylation sites is 3. The number of rotatable bonds is 2. The average Bonchev–Trinajstić information content (AvgIpc) is 3.53. The van der Waals surface area contributed by atoms with E-state index in [0.29, 0.717) is 0 Å². The third-order valence-electron chi connectivity index (χ3n) is 8.31. The van der Waals surface area contributed by atoms with E-state index in [4.69, 9.17) is 4.98 Å². The maximum Gasteiger partial charge on any atom is 0.138 e. The minimum Gasteiger partial charge on any atom is -0.309 e. The number of fused-ring (bicyclic) bond motifs is 9. The minimum atomic E-state index is 0.936. The molecule has 3 heterocycles. The Balaban J connectivity index is 1.42. The van der Waals surface area contributed by atoms with Gasteiger partial charge in [-0.3, -0.25) is 4.57 Å². The molecule has 0 aliphatic rings. The first-order valence-electron chi connectivity index (χ1n) is 13.6. The molecule has 40 heavy (non-hydrogen) atoms. The van der Waals surface area contributed by atoms with Gasteiger partial charge in [0.25, 0.3) is 0 Å². The fourth-order valence-corrected chi connectivity index (χ4v) is 6.55. The van der Waals surface area contributed by atoms with Crippen molar-refractivity contribution in [1.82, 2.24) is 14.1 Å². The topological polar surface area (TPSA) is 22.8 Å². The maximum absolute atomic E-state index is 4.92. The molecular formula is C37H23N3.